The third-order valence-corrected chi connectivity index (χ3v) is 2.53. The molecule has 0 aliphatic carbocycles. The Morgan fingerprint density at radius 2 is 2.06 bits per heavy atom. The van der Waals surface area contributed by atoms with Crippen molar-refractivity contribution in [3.8, 4) is 0 Å². The van der Waals surface area contributed by atoms with E-state index in [1.165, 1.54) is 0 Å². The highest BCUT2D eigenvalue weighted by Crippen LogP contribution is 2.06. The third-order valence-electron chi connectivity index (χ3n) is 2.53. The van der Waals surface area contributed by atoms with E-state index >= 15 is 0 Å². The van der Waals surface area contributed by atoms with E-state index in [4.69, 9.17) is 4.42 Å². The molecule has 1 unspecified atom stereocenters. The van der Waals surface area contributed by atoms with Gasteiger partial charge in [-0.1, -0.05) is 18.2 Å². The predicted molar refractivity (Wildman–Crippen MR) is 70.5 cm³/mol. The second-order valence-electron chi connectivity index (χ2n) is 4.20. The van der Waals surface area contributed by atoms with Crippen LogP contribution in [0.4, 0.5) is 10.5 Å². The molecule has 0 bridgehead atoms. The van der Waals surface area contributed by atoms with Gasteiger partial charge in [-0.05, 0) is 37.1 Å². The summed E-state index contributed by atoms with van der Waals surface area (Å²) in [5.41, 5.74) is 1.85. The highest BCUT2D eigenvalue weighted by Gasteiger charge is 2.08. The number of para-hydroxylation sites is 1. The molecule has 2 amide bonds. The zero-order valence-electron chi connectivity index (χ0n) is 10.2. The van der Waals surface area contributed by atoms with E-state index in [-0.39, 0.29) is 12.1 Å². The van der Waals surface area contributed by atoms with Crippen molar-refractivity contribution in [1.29, 1.82) is 0 Å². The van der Waals surface area contributed by atoms with Crippen LogP contribution in [-0.2, 0) is 6.42 Å². The monoisotopic (exact) mass is 244 g/mol. The van der Waals surface area contributed by atoms with E-state index in [1.54, 1.807) is 12.5 Å². The van der Waals surface area contributed by atoms with Crippen molar-refractivity contribution in [2.24, 2.45) is 0 Å². The van der Waals surface area contributed by atoms with Crippen LogP contribution in [-0.4, -0.2) is 12.1 Å². The minimum atomic E-state index is -0.197. The zero-order chi connectivity index (χ0) is 12.8. The van der Waals surface area contributed by atoms with Crippen molar-refractivity contribution in [3.05, 3.63) is 54.5 Å². The Morgan fingerprint density at radius 3 is 2.72 bits per heavy atom. The number of rotatable bonds is 4. The van der Waals surface area contributed by atoms with Crippen LogP contribution in [0.3, 0.4) is 0 Å². The lowest BCUT2D eigenvalue weighted by Crippen LogP contribution is -2.37. The van der Waals surface area contributed by atoms with E-state index in [0.717, 1.165) is 17.7 Å². The molecule has 4 heteroatoms. The van der Waals surface area contributed by atoms with Gasteiger partial charge in [-0.2, -0.15) is 0 Å². The molecule has 2 N–H and O–H groups in total. The molecule has 0 fully saturated rings. The fourth-order valence-corrected chi connectivity index (χ4v) is 1.73. The smallest absolute Gasteiger partial charge is 0.319 e. The third kappa shape index (κ3) is 3.66. The van der Waals surface area contributed by atoms with Gasteiger partial charge >= 0.3 is 6.03 Å². The Balaban J connectivity index is 1.80. The van der Waals surface area contributed by atoms with Gasteiger partial charge in [0.1, 0.15) is 0 Å². The van der Waals surface area contributed by atoms with Crippen LogP contribution >= 0.6 is 0 Å². The molecule has 1 atom stereocenters. The summed E-state index contributed by atoms with van der Waals surface area (Å²) in [6.45, 7) is 1.96. The topological polar surface area (TPSA) is 54.3 Å². The number of nitrogens with one attached hydrogen (secondary N) is 2. The molecule has 4 nitrogen and oxygen atoms in total. The first-order valence-electron chi connectivity index (χ1n) is 5.87. The first kappa shape index (κ1) is 12.2. The molecule has 0 radical (unpaired) electrons. The first-order valence-corrected chi connectivity index (χ1v) is 5.87. The standard InChI is InChI=1S/C14H16N2O2/c1-11(9-12-7-8-18-10-12)15-14(17)16-13-5-3-2-4-6-13/h2-8,10-11H,9H2,1H3,(H2,15,16,17). The van der Waals surface area contributed by atoms with Gasteiger partial charge in [-0.3, -0.25) is 0 Å². The second-order valence-corrected chi connectivity index (χ2v) is 4.20. The molecule has 0 aliphatic heterocycles. The SMILES string of the molecule is CC(Cc1ccoc1)NC(=O)Nc1ccccc1. The Kier molecular flexibility index (Phi) is 4.02. The quantitative estimate of drug-likeness (QED) is 0.868. The lowest BCUT2D eigenvalue weighted by molar-refractivity contribution is 0.249. The van der Waals surface area contributed by atoms with Crippen molar-refractivity contribution >= 4 is 11.7 Å². The maximum atomic E-state index is 11.7. The van der Waals surface area contributed by atoms with Gasteiger partial charge in [0.15, 0.2) is 0 Å². The highest BCUT2D eigenvalue weighted by atomic mass is 16.3. The van der Waals surface area contributed by atoms with Crippen molar-refractivity contribution in [2.75, 3.05) is 5.32 Å². The van der Waals surface area contributed by atoms with E-state index < -0.39 is 0 Å². The number of urea groups is 1. The van der Waals surface area contributed by atoms with Crippen molar-refractivity contribution in [3.63, 3.8) is 0 Å². The summed E-state index contributed by atoms with van der Waals surface area (Å²) in [6, 6.07) is 11.1. The molecule has 18 heavy (non-hydrogen) atoms. The normalized spacial score (nSPS) is 11.8. The number of benzene rings is 1. The van der Waals surface area contributed by atoms with E-state index in [0.29, 0.717) is 0 Å². The number of carbonyl (C=O) groups excluding carboxylic acids is 1. The number of amides is 2. The fourth-order valence-electron chi connectivity index (χ4n) is 1.73. The number of hydrogen-bond donors (Lipinski definition) is 2. The summed E-state index contributed by atoms with van der Waals surface area (Å²) >= 11 is 0. The van der Waals surface area contributed by atoms with Crippen LogP contribution in [0.2, 0.25) is 0 Å². The molecule has 0 aliphatic rings. The Labute approximate surface area is 106 Å². The average Bonchev–Trinajstić information content (AvgIpc) is 2.82. The van der Waals surface area contributed by atoms with Gasteiger partial charge in [0.25, 0.3) is 0 Å². The van der Waals surface area contributed by atoms with Crippen molar-refractivity contribution < 1.29 is 9.21 Å². The van der Waals surface area contributed by atoms with Gasteiger partial charge in [0, 0.05) is 11.7 Å². The zero-order valence-corrected chi connectivity index (χ0v) is 10.2. The summed E-state index contributed by atoms with van der Waals surface area (Å²) in [5, 5.41) is 5.65. The van der Waals surface area contributed by atoms with E-state index in [2.05, 4.69) is 10.6 Å². The highest BCUT2D eigenvalue weighted by molar-refractivity contribution is 5.89. The minimum Gasteiger partial charge on any atom is -0.472 e. The van der Waals surface area contributed by atoms with Crippen LogP contribution in [0.15, 0.2) is 53.3 Å². The van der Waals surface area contributed by atoms with Gasteiger partial charge in [0.2, 0.25) is 0 Å². The van der Waals surface area contributed by atoms with Gasteiger partial charge in [-0.15, -0.1) is 0 Å². The summed E-state index contributed by atoms with van der Waals surface area (Å²) in [6.07, 6.45) is 4.07. The van der Waals surface area contributed by atoms with Crippen molar-refractivity contribution in [1.82, 2.24) is 5.32 Å². The van der Waals surface area contributed by atoms with E-state index in [9.17, 15) is 4.79 Å². The van der Waals surface area contributed by atoms with E-state index in [1.807, 2.05) is 43.3 Å². The second kappa shape index (κ2) is 5.91. The molecule has 0 saturated carbocycles. The molecule has 94 valence electrons. The minimum absolute atomic E-state index is 0.0475. The number of anilines is 1. The number of furan rings is 1. The van der Waals surface area contributed by atoms with Gasteiger partial charge < -0.3 is 15.1 Å². The molecule has 0 saturated heterocycles. The van der Waals surface area contributed by atoms with Crippen LogP contribution in [0.25, 0.3) is 0 Å². The van der Waals surface area contributed by atoms with Crippen LogP contribution in [0, 0.1) is 0 Å². The number of hydrogen-bond acceptors (Lipinski definition) is 2. The Morgan fingerprint density at radius 1 is 1.28 bits per heavy atom. The average molecular weight is 244 g/mol. The summed E-state index contributed by atoms with van der Waals surface area (Å²) in [5.74, 6) is 0. The molecule has 1 aromatic carbocycles. The molecule has 1 heterocycles. The molecule has 2 aromatic rings. The number of carbonyl (C=O) groups is 1. The lowest BCUT2D eigenvalue weighted by atomic mass is 10.1. The maximum absolute atomic E-state index is 11.7. The Bertz CT molecular complexity index is 480. The summed E-state index contributed by atoms with van der Waals surface area (Å²) in [7, 11) is 0. The molecular weight excluding hydrogens is 228 g/mol. The van der Waals surface area contributed by atoms with Gasteiger partial charge in [0.05, 0.1) is 12.5 Å². The largest absolute Gasteiger partial charge is 0.472 e. The molecular formula is C14H16N2O2. The first-order chi connectivity index (χ1) is 8.74. The predicted octanol–water partition coefficient (Wildman–Crippen LogP) is 3.03. The summed E-state index contributed by atoms with van der Waals surface area (Å²) < 4.78 is 4.99. The maximum Gasteiger partial charge on any atom is 0.319 e. The Hall–Kier alpha value is -2.23. The molecule has 2 rings (SSSR count). The fraction of sp³-hybridized carbons (Fsp3) is 0.214. The molecule has 1 aromatic heterocycles. The molecule has 0 spiro atoms. The van der Waals surface area contributed by atoms with Crippen LogP contribution in [0.5, 0.6) is 0 Å². The lowest BCUT2D eigenvalue weighted by Gasteiger charge is -2.13. The van der Waals surface area contributed by atoms with Gasteiger partial charge in [-0.25, -0.2) is 4.79 Å². The van der Waals surface area contributed by atoms with Crippen LogP contribution < -0.4 is 10.6 Å². The summed E-state index contributed by atoms with van der Waals surface area (Å²) in [4.78, 5) is 11.7. The van der Waals surface area contributed by atoms with Crippen LogP contribution in [0.1, 0.15) is 12.5 Å². The van der Waals surface area contributed by atoms with Crippen molar-refractivity contribution in [2.45, 2.75) is 19.4 Å².